The predicted molar refractivity (Wildman–Crippen MR) is 111 cm³/mol. The van der Waals surface area contributed by atoms with Crippen LogP contribution in [0.1, 0.15) is 12.0 Å². The molecule has 0 saturated carbocycles. The van der Waals surface area contributed by atoms with Crippen molar-refractivity contribution >= 4 is 34.2 Å². The number of amidine groups is 1. The topological polar surface area (TPSA) is 148 Å². The van der Waals surface area contributed by atoms with E-state index >= 15 is 0 Å². The summed E-state index contributed by atoms with van der Waals surface area (Å²) in [6, 6.07) is 14.7. The third-order valence-electron chi connectivity index (χ3n) is 5.09. The third-order valence-corrected chi connectivity index (χ3v) is 5.09. The quantitative estimate of drug-likeness (QED) is 0.365. The summed E-state index contributed by atoms with van der Waals surface area (Å²) in [4.78, 5) is 25.4. The Balaban J connectivity index is 1.66. The number of aromatic nitrogens is 1. The number of rotatable bonds is 5. The Labute approximate surface area is 171 Å². The predicted octanol–water partition coefficient (Wildman–Crippen LogP) is 0.842. The van der Waals surface area contributed by atoms with Gasteiger partial charge in [-0.25, -0.2) is 0 Å². The second kappa shape index (κ2) is 7.29. The average Bonchev–Trinajstić information content (AvgIpc) is 3.13. The van der Waals surface area contributed by atoms with Crippen molar-refractivity contribution < 1.29 is 19.4 Å². The number of amides is 2. The van der Waals surface area contributed by atoms with Crippen molar-refractivity contribution in [3.8, 4) is 5.69 Å². The van der Waals surface area contributed by atoms with Gasteiger partial charge in [-0.05, 0) is 48.5 Å². The van der Waals surface area contributed by atoms with E-state index in [9.17, 15) is 14.7 Å². The first-order chi connectivity index (χ1) is 14.3. The van der Waals surface area contributed by atoms with Crippen molar-refractivity contribution in [3.63, 3.8) is 0 Å². The number of nitrogens with two attached hydrogens (primary N) is 2. The molecule has 2 heterocycles. The first-order valence-electron chi connectivity index (χ1n) is 9.31. The first-order valence-corrected chi connectivity index (χ1v) is 9.31. The lowest BCUT2D eigenvalue weighted by atomic mass is 10.1. The Hall–Kier alpha value is -3.69. The largest absolute Gasteiger partial charge is 0.384 e. The van der Waals surface area contributed by atoms with E-state index in [-0.39, 0.29) is 19.0 Å². The number of ether oxygens (including phenoxy) is 1. The smallest absolute Gasteiger partial charge is 0.287 e. The van der Waals surface area contributed by atoms with Crippen molar-refractivity contribution in [2.24, 2.45) is 11.5 Å². The fourth-order valence-corrected chi connectivity index (χ4v) is 3.61. The molecule has 1 aliphatic heterocycles. The molecule has 4 rings (SSSR count). The SMILES string of the molecule is N=C(N)c1ccc(-n2ccc3cc(N4CCO[C@](O)(CC(N)=O)C4=O)ccc32)cc1. The van der Waals surface area contributed by atoms with Crippen LogP contribution in [0.2, 0.25) is 0 Å². The van der Waals surface area contributed by atoms with E-state index in [1.54, 1.807) is 18.2 Å². The molecule has 0 spiro atoms. The molecule has 1 atom stereocenters. The molecule has 0 aliphatic carbocycles. The van der Waals surface area contributed by atoms with Gasteiger partial charge in [0.05, 0.1) is 18.5 Å². The number of anilines is 1. The lowest BCUT2D eigenvalue weighted by molar-refractivity contribution is -0.214. The van der Waals surface area contributed by atoms with Gasteiger partial charge < -0.3 is 30.8 Å². The van der Waals surface area contributed by atoms with Crippen LogP contribution >= 0.6 is 0 Å². The number of fused-ring (bicyclic) bond motifs is 1. The zero-order valence-electron chi connectivity index (χ0n) is 16.0. The van der Waals surface area contributed by atoms with E-state index in [2.05, 4.69) is 0 Å². The maximum Gasteiger partial charge on any atom is 0.287 e. The minimum Gasteiger partial charge on any atom is -0.384 e. The van der Waals surface area contributed by atoms with Gasteiger partial charge in [0.2, 0.25) is 5.91 Å². The number of hydrogen-bond donors (Lipinski definition) is 4. The molecule has 0 bridgehead atoms. The molecular weight excluding hydrogens is 386 g/mol. The number of benzene rings is 2. The number of aliphatic hydroxyl groups is 1. The molecule has 2 amide bonds. The standard InChI is InChI=1S/C21H21N5O4/c22-18(27)12-21(29)20(28)26(9-10-30-21)16-5-6-17-14(11-16)7-8-25(17)15-3-1-13(2-4-15)19(23)24/h1-8,11,29H,9-10,12H2,(H2,22,27)(H3,23,24)/t21-/m1/s1. The molecule has 1 aromatic heterocycles. The summed E-state index contributed by atoms with van der Waals surface area (Å²) >= 11 is 0. The number of carbonyl (C=O) groups excluding carboxylic acids is 2. The van der Waals surface area contributed by atoms with Crippen molar-refractivity contribution in [3.05, 3.63) is 60.3 Å². The highest BCUT2D eigenvalue weighted by molar-refractivity contribution is 6.02. The highest BCUT2D eigenvalue weighted by Crippen LogP contribution is 2.30. The zero-order chi connectivity index (χ0) is 21.5. The second-order valence-corrected chi connectivity index (χ2v) is 7.12. The first kappa shape index (κ1) is 19.6. The minimum absolute atomic E-state index is 0.00929. The molecule has 154 valence electrons. The summed E-state index contributed by atoms with van der Waals surface area (Å²) in [5.74, 6) is -3.78. The zero-order valence-corrected chi connectivity index (χ0v) is 16.0. The van der Waals surface area contributed by atoms with E-state index in [0.29, 0.717) is 11.3 Å². The maximum atomic E-state index is 12.7. The van der Waals surface area contributed by atoms with Gasteiger partial charge in [0.1, 0.15) is 5.84 Å². The number of carbonyl (C=O) groups is 2. The Bertz CT molecular complexity index is 1150. The molecule has 30 heavy (non-hydrogen) atoms. The molecule has 6 N–H and O–H groups in total. The van der Waals surface area contributed by atoms with E-state index < -0.39 is 24.0 Å². The van der Waals surface area contributed by atoms with Gasteiger partial charge in [0, 0.05) is 35.1 Å². The molecule has 9 nitrogen and oxygen atoms in total. The van der Waals surface area contributed by atoms with Gasteiger partial charge in [-0.2, -0.15) is 0 Å². The lowest BCUT2D eigenvalue weighted by Crippen LogP contribution is -2.58. The van der Waals surface area contributed by atoms with Crippen LogP contribution in [-0.4, -0.2) is 46.3 Å². The number of primary amides is 1. The van der Waals surface area contributed by atoms with Gasteiger partial charge in [0.15, 0.2) is 0 Å². The number of nitrogen functional groups attached to an aromatic ring is 1. The summed E-state index contributed by atoms with van der Waals surface area (Å²) in [6.07, 6.45) is 1.30. The normalized spacial score (nSPS) is 19.2. The summed E-state index contributed by atoms with van der Waals surface area (Å²) in [5, 5.41) is 18.8. The summed E-state index contributed by atoms with van der Waals surface area (Å²) in [7, 11) is 0. The van der Waals surface area contributed by atoms with Crippen molar-refractivity contribution in [1.82, 2.24) is 4.57 Å². The monoisotopic (exact) mass is 407 g/mol. The van der Waals surface area contributed by atoms with E-state index in [0.717, 1.165) is 16.6 Å². The molecule has 1 saturated heterocycles. The van der Waals surface area contributed by atoms with E-state index in [1.165, 1.54) is 4.90 Å². The fraction of sp³-hybridized carbons (Fsp3) is 0.190. The minimum atomic E-state index is -2.25. The van der Waals surface area contributed by atoms with Gasteiger partial charge in [0.25, 0.3) is 11.7 Å². The number of morpholine rings is 1. The van der Waals surface area contributed by atoms with Crippen LogP contribution in [0.15, 0.2) is 54.7 Å². The molecule has 3 aromatic rings. The van der Waals surface area contributed by atoms with Crippen LogP contribution < -0.4 is 16.4 Å². The lowest BCUT2D eigenvalue weighted by Gasteiger charge is -2.37. The number of nitrogens with zero attached hydrogens (tertiary/aromatic N) is 2. The second-order valence-electron chi connectivity index (χ2n) is 7.12. The van der Waals surface area contributed by atoms with Crippen LogP contribution in [-0.2, 0) is 14.3 Å². The molecule has 2 aromatic carbocycles. The van der Waals surface area contributed by atoms with Crippen molar-refractivity contribution in [1.29, 1.82) is 5.41 Å². The van der Waals surface area contributed by atoms with Crippen LogP contribution in [0, 0.1) is 5.41 Å². The Kier molecular flexibility index (Phi) is 4.76. The average molecular weight is 407 g/mol. The highest BCUT2D eigenvalue weighted by Gasteiger charge is 2.45. The molecule has 9 heteroatoms. The Morgan fingerprint density at radius 1 is 1.13 bits per heavy atom. The highest BCUT2D eigenvalue weighted by atomic mass is 16.6. The van der Waals surface area contributed by atoms with Crippen molar-refractivity contribution in [2.75, 3.05) is 18.1 Å². The van der Waals surface area contributed by atoms with Gasteiger partial charge >= 0.3 is 0 Å². The summed E-state index contributed by atoms with van der Waals surface area (Å²) < 4.78 is 7.13. The van der Waals surface area contributed by atoms with Crippen LogP contribution in [0.3, 0.4) is 0 Å². The Morgan fingerprint density at radius 2 is 1.83 bits per heavy atom. The molecular formula is C21H21N5O4. The van der Waals surface area contributed by atoms with Crippen LogP contribution in [0.4, 0.5) is 5.69 Å². The van der Waals surface area contributed by atoms with E-state index in [4.69, 9.17) is 21.6 Å². The molecule has 1 fully saturated rings. The molecule has 0 unspecified atom stereocenters. The molecule has 1 aliphatic rings. The van der Waals surface area contributed by atoms with Gasteiger partial charge in [-0.3, -0.25) is 15.0 Å². The third kappa shape index (κ3) is 3.40. The van der Waals surface area contributed by atoms with Crippen LogP contribution in [0.25, 0.3) is 16.6 Å². The van der Waals surface area contributed by atoms with Crippen LogP contribution in [0.5, 0.6) is 0 Å². The fourth-order valence-electron chi connectivity index (χ4n) is 3.61. The Morgan fingerprint density at radius 3 is 2.50 bits per heavy atom. The summed E-state index contributed by atoms with van der Waals surface area (Å²) in [5.41, 5.74) is 13.7. The maximum absolute atomic E-state index is 12.7. The number of nitrogens with one attached hydrogen (secondary N) is 1. The number of hydrogen-bond acceptors (Lipinski definition) is 5. The van der Waals surface area contributed by atoms with Gasteiger partial charge in [-0.15, -0.1) is 0 Å². The molecule has 0 radical (unpaired) electrons. The van der Waals surface area contributed by atoms with E-state index in [1.807, 2.05) is 41.1 Å². The van der Waals surface area contributed by atoms with Crippen molar-refractivity contribution in [2.45, 2.75) is 12.2 Å². The summed E-state index contributed by atoms with van der Waals surface area (Å²) in [6.45, 7) is 0.329. The van der Waals surface area contributed by atoms with Gasteiger partial charge in [-0.1, -0.05) is 0 Å².